The van der Waals surface area contributed by atoms with E-state index in [1.54, 1.807) is 0 Å². The normalized spacial score (nSPS) is 9.94. The van der Waals surface area contributed by atoms with Crippen LogP contribution >= 0.6 is 23.1 Å². The van der Waals surface area contributed by atoms with Crippen molar-refractivity contribution < 1.29 is 14.7 Å². The number of carboxylic acids is 1. The Labute approximate surface area is 108 Å². The van der Waals surface area contributed by atoms with Crippen molar-refractivity contribution in [2.24, 2.45) is 0 Å². The number of carboxylic acid groups (broad SMARTS) is 1. The molecule has 88 valence electrons. The van der Waals surface area contributed by atoms with Crippen LogP contribution in [0.4, 0.5) is 0 Å². The van der Waals surface area contributed by atoms with Crippen LogP contribution in [0.5, 0.6) is 0 Å². The van der Waals surface area contributed by atoms with E-state index in [1.807, 2.05) is 11.4 Å². The van der Waals surface area contributed by atoms with Crippen molar-refractivity contribution in [3.05, 3.63) is 28.0 Å². The average molecular weight is 266 g/mol. The summed E-state index contributed by atoms with van der Waals surface area (Å²) in [5.41, 5.74) is 0.837. The minimum atomic E-state index is -0.969. The number of thiophene rings is 1. The molecule has 0 atom stereocenters. The second kappa shape index (κ2) is 6.94. The van der Waals surface area contributed by atoms with Gasteiger partial charge in [0.1, 0.15) is 0 Å². The molecule has 17 heavy (non-hydrogen) atoms. The fourth-order valence-electron chi connectivity index (χ4n) is 0.935. The maximum absolute atomic E-state index is 10.6. The molecule has 0 amide bonds. The van der Waals surface area contributed by atoms with E-state index < -0.39 is 5.97 Å². The predicted molar refractivity (Wildman–Crippen MR) is 71.0 cm³/mol. The highest BCUT2D eigenvalue weighted by molar-refractivity contribution is 8.13. The Bertz CT molecular complexity index is 503. The van der Waals surface area contributed by atoms with Crippen LogP contribution in [0, 0.1) is 11.8 Å². The van der Waals surface area contributed by atoms with Crippen LogP contribution in [-0.4, -0.2) is 21.9 Å². The maximum atomic E-state index is 10.6. The van der Waals surface area contributed by atoms with Crippen molar-refractivity contribution in [2.75, 3.05) is 5.75 Å². The molecule has 1 N–H and O–H groups in total. The molecule has 3 nitrogen and oxygen atoms in total. The van der Waals surface area contributed by atoms with Gasteiger partial charge in [-0.05, 0) is 12.1 Å². The first-order chi connectivity index (χ1) is 8.08. The number of rotatable bonds is 3. The lowest BCUT2D eigenvalue weighted by atomic mass is 10.3. The third-order valence-electron chi connectivity index (χ3n) is 1.59. The van der Waals surface area contributed by atoms with Crippen LogP contribution < -0.4 is 0 Å². The molecule has 0 aliphatic heterocycles. The highest BCUT2D eigenvalue weighted by Gasteiger charge is 1.95. The molecule has 0 radical (unpaired) electrons. The summed E-state index contributed by atoms with van der Waals surface area (Å²) in [7, 11) is 0. The molecule has 0 aromatic carbocycles. The second-order valence-corrected chi connectivity index (χ2v) is 5.09. The molecule has 0 fully saturated rings. The summed E-state index contributed by atoms with van der Waals surface area (Å²) in [4.78, 5) is 21.8. The zero-order valence-corrected chi connectivity index (χ0v) is 10.7. The number of thioether (sulfide) groups is 1. The average Bonchev–Trinajstić information content (AvgIpc) is 2.69. The van der Waals surface area contributed by atoms with Gasteiger partial charge in [-0.1, -0.05) is 23.6 Å². The van der Waals surface area contributed by atoms with E-state index in [1.165, 1.54) is 36.1 Å². The minimum Gasteiger partial charge on any atom is -0.478 e. The summed E-state index contributed by atoms with van der Waals surface area (Å²) >= 11 is 2.60. The van der Waals surface area contributed by atoms with E-state index in [9.17, 15) is 9.59 Å². The second-order valence-electron chi connectivity index (χ2n) is 2.99. The third-order valence-corrected chi connectivity index (χ3v) is 3.18. The largest absolute Gasteiger partial charge is 0.478 e. The lowest BCUT2D eigenvalue weighted by Crippen LogP contribution is -1.84. The maximum Gasteiger partial charge on any atom is 0.328 e. The van der Waals surface area contributed by atoms with E-state index in [0.717, 1.165) is 16.5 Å². The molecule has 0 aliphatic rings. The number of carbonyl (C=O) groups is 2. The van der Waals surface area contributed by atoms with E-state index in [2.05, 4.69) is 11.8 Å². The topological polar surface area (TPSA) is 54.4 Å². The number of carbonyl (C=O) groups excluding carboxylic acids is 1. The minimum absolute atomic E-state index is 0.0506. The lowest BCUT2D eigenvalue weighted by molar-refractivity contribution is -0.131. The Morgan fingerprint density at radius 2 is 2.35 bits per heavy atom. The van der Waals surface area contributed by atoms with Crippen LogP contribution in [0.15, 0.2) is 17.5 Å². The van der Waals surface area contributed by atoms with Gasteiger partial charge in [-0.3, -0.25) is 4.79 Å². The van der Waals surface area contributed by atoms with Crippen LogP contribution in [0.25, 0.3) is 6.08 Å². The Balaban J connectivity index is 2.56. The van der Waals surface area contributed by atoms with Gasteiger partial charge in [0.15, 0.2) is 5.12 Å². The SMILES string of the molecule is CC(=O)SCC#Cc1csc(/C=C/C(=O)O)c1. The zero-order chi connectivity index (χ0) is 12.7. The Kier molecular flexibility index (Phi) is 5.53. The Hall–Kier alpha value is -1.51. The molecule has 1 aromatic heterocycles. The van der Waals surface area contributed by atoms with Gasteiger partial charge in [0.05, 0.1) is 5.75 Å². The Morgan fingerprint density at radius 1 is 1.59 bits per heavy atom. The van der Waals surface area contributed by atoms with Crippen LogP contribution in [0.3, 0.4) is 0 Å². The smallest absolute Gasteiger partial charge is 0.328 e. The van der Waals surface area contributed by atoms with Crippen molar-refractivity contribution in [2.45, 2.75) is 6.92 Å². The summed E-state index contributed by atoms with van der Waals surface area (Å²) < 4.78 is 0. The monoisotopic (exact) mass is 266 g/mol. The molecule has 5 heteroatoms. The van der Waals surface area contributed by atoms with E-state index in [0.29, 0.717) is 5.75 Å². The fourth-order valence-corrected chi connectivity index (χ4v) is 2.01. The van der Waals surface area contributed by atoms with Crippen molar-refractivity contribution in [1.82, 2.24) is 0 Å². The molecule has 0 unspecified atom stereocenters. The van der Waals surface area contributed by atoms with Gasteiger partial charge in [0, 0.05) is 28.8 Å². The summed E-state index contributed by atoms with van der Waals surface area (Å²) in [5, 5.41) is 10.4. The molecule has 1 rings (SSSR count). The molecule has 0 saturated carbocycles. The van der Waals surface area contributed by atoms with Crippen molar-refractivity contribution in [3.63, 3.8) is 0 Å². The van der Waals surface area contributed by atoms with Gasteiger partial charge in [0.2, 0.25) is 0 Å². The van der Waals surface area contributed by atoms with Gasteiger partial charge in [0.25, 0.3) is 0 Å². The Morgan fingerprint density at radius 3 is 3.00 bits per heavy atom. The number of aliphatic carboxylic acids is 1. The first kappa shape index (κ1) is 13.6. The van der Waals surface area contributed by atoms with Gasteiger partial charge in [-0.15, -0.1) is 11.3 Å². The van der Waals surface area contributed by atoms with Crippen molar-refractivity contribution >= 4 is 40.3 Å². The zero-order valence-electron chi connectivity index (χ0n) is 9.10. The van der Waals surface area contributed by atoms with Crippen molar-refractivity contribution in [3.8, 4) is 11.8 Å². The first-order valence-electron chi connectivity index (χ1n) is 4.69. The summed E-state index contributed by atoms with van der Waals surface area (Å²) in [6, 6.07) is 1.82. The van der Waals surface area contributed by atoms with Gasteiger partial charge in [-0.2, -0.15) is 0 Å². The summed E-state index contributed by atoms with van der Waals surface area (Å²) in [6.45, 7) is 1.51. The van der Waals surface area contributed by atoms with E-state index in [4.69, 9.17) is 5.11 Å². The summed E-state index contributed by atoms with van der Waals surface area (Å²) in [5.74, 6) is 5.29. The number of hydrogen-bond acceptors (Lipinski definition) is 4. The quantitative estimate of drug-likeness (QED) is 0.674. The molecule has 1 heterocycles. The van der Waals surface area contributed by atoms with Crippen LogP contribution in [-0.2, 0) is 9.59 Å². The van der Waals surface area contributed by atoms with Crippen LogP contribution in [0.1, 0.15) is 17.4 Å². The van der Waals surface area contributed by atoms with Crippen LogP contribution in [0.2, 0.25) is 0 Å². The fraction of sp³-hybridized carbons (Fsp3) is 0.167. The first-order valence-corrected chi connectivity index (χ1v) is 6.56. The van der Waals surface area contributed by atoms with Gasteiger partial charge >= 0.3 is 5.97 Å². The van der Waals surface area contributed by atoms with Gasteiger partial charge in [-0.25, -0.2) is 4.79 Å². The van der Waals surface area contributed by atoms with Crippen molar-refractivity contribution in [1.29, 1.82) is 0 Å². The molecule has 0 saturated heterocycles. The van der Waals surface area contributed by atoms with E-state index >= 15 is 0 Å². The molecule has 0 spiro atoms. The van der Waals surface area contributed by atoms with Gasteiger partial charge < -0.3 is 5.11 Å². The van der Waals surface area contributed by atoms with E-state index in [-0.39, 0.29) is 5.12 Å². The molecule has 1 aromatic rings. The highest BCUT2D eigenvalue weighted by atomic mass is 32.2. The lowest BCUT2D eigenvalue weighted by Gasteiger charge is -1.83. The molecular weight excluding hydrogens is 256 g/mol. The third kappa shape index (κ3) is 5.95. The molecule has 0 bridgehead atoms. The highest BCUT2D eigenvalue weighted by Crippen LogP contribution is 2.15. The number of hydrogen-bond donors (Lipinski definition) is 1. The standard InChI is InChI=1S/C12H10O3S2/c1-9(13)16-6-2-3-10-7-11(17-8-10)4-5-12(14)15/h4-5,7-8H,6H2,1H3,(H,14,15)/b5-4+. The molecular formula is C12H10O3S2. The predicted octanol–water partition coefficient (Wildman–Crippen LogP) is 2.48. The summed E-state index contributed by atoms with van der Waals surface area (Å²) in [6.07, 6.45) is 2.62. The molecule has 0 aliphatic carbocycles.